The number of nitrogens with one attached hydrogen (secondary N) is 4. The van der Waals surface area contributed by atoms with Crippen LogP contribution in [0.4, 0.5) is 22.7 Å². The van der Waals surface area contributed by atoms with Crippen LogP contribution in [0.3, 0.4) is 0 Å². The first-order valence-electron chi connectivity index (χ1n) is 11.2. The summed E-state index contributed by atoms with van der Waals surface area (Å²) in [7, 11) is 0. The number of hydrogen-bond acceptors (Lipinski definition) is 8. The minimum Gasteiger partial charge on any atom is -0.478 e. The van der Waals surface area contributed by atoms with E-state index in [2.05, 4.69) is 31.5 Å². The number of nitrogens with two attached hydrogens (primary N) is 2. The van der Waals surface area contributed by atoms with Gasteiger partial charge in [-0.25, -0.2) is 31.3 Å². The Kier molecular flexibility index (Phi) is 14.7. The van der Waals surface area contributed by atoms with Crippen molar-refractivity contribution in [1.82, 2.24) is 10.9 Å². The summed E-state index contributed by atoms with van der Waals surface area (Å²) in [5.41, 5.74) is 6.06. The number of hydrazine groups is 2. The van der Waals surface area contributed by atoms with Crippen LogP contribution in [0.5, 0.6) is 0 Å². The predicted molar refractivity (Wildman–Crippen MR) is 148 cm³/mol. The maximum absolute atomic E-state index is 11.6. The first kappa shape index (κ1) is 34.1. The molecule has 0 radical (unpaired) electrons. The van der Waals surface area contributed by atoms with E-state index in [0.717, 1.165) is 0 Å². The number of carboxylic acid groups (broad SMARTS) is 2. The van der Waals surface area contributed by atoms with E-state index in [-0.39, 0.29) is 40.3 Å². The van der Waals surface area contributed by atoms with E-state index in [9.17, 15) is 19.2 Å². The molecule has 0 fully saturated rings. The highest BCUT2D eigenvalue weighted by Crippen LogP contribution is 2.27. The van der Waals surface area contributed by atoms with E-state index < -0.39 is 11.9 Å². The SMILES string of the molecule is CC(C)C(=O)Nc1ccc(C(=O)O)cc1N=CNN.CC(C)C(=O)Nc1ccc(C(=O)O)cc1N=CNN.O. The van der Waals surface area contributed by atoms with E-state index in [1.165, 1.54) is 49.1 Å². The molecule has 12 N–H and O–H groups in total. The Hall–Kier alpha value is -4.86. The molecule has 15 nitrogen and oxygen atoms in total. The zero-order chi connectivity index (χ0) is 28.8. The smallest absolute Gasteiger partial charge is 0.335 e. The third kappa shape index (κ3) is 11.4. The standard InChI is InChI=1S/2C12H16N4O3.H2O/c2*1-7(2)11(17)16-9-4-3-8(12(18)19)5-10(9)14-6-15-13;/h2*3-7H,13H2,1-2H3,(H,14,15)(H,16,17)(H,18,19);1H2. The molecule has 2 rings (SSSR count). The zero-order valence-corrected chi connectivity index (χ0v) is 21.9. The highest BCUT2D eigenvalue weighted by Gasteiger charge is 2.13. The Bertz CT molecular complexity index is 1120. The van der Waals surface area contributed by atoms with Gasteiger partial charge in [0.25, 0.3) is 0 Å². The number of aliphatic imine (C=N–C) groups is 2. The first-order valence-corrected chi connectivity index (χ1v) is 11.2. The summed E-state index contributed by atoms with van der Waals surface area (Å²) >= 11 is 0. The number of nitrogens with zero attached hydrogens (tertiary/aromatic N) is 2. The average Bonchev–Trinajstić information content (AvgIpc) is 2.87. The van der Waals surface area contributed by atoms with E-state index in [0.29, 0.717) is 22.7 Å². The van der Waals surface area contributed by atoms with Crippen molar-refractivity contribution in [3.63, 3.8) is 0 Å². The van der Waals surface area contributed by atoms with Gasteiger partial charge in [0, 0.05) is 11.8 Å². The van der Waals surface area contributed by atoms with Crippen molar-refractivity contribution in [2.24, 2.45) is 33.5 Å². The van der Waals surface area contributed by atoms with Crippen LogP contribution >= 0.6 is 0 Å². The molecule has 2 aromatic carbocycles. The fraction of sp³-hybridized carbons (Fsp3) is 0.250. The van der Waals surface area contributed by atoms with Crippen LogP contribution in [0.15, 0.2) is 46.4 Å². The van der Waals surface area contributed by atoms with Crippen LogP contribution < -0.4 is 33.2 Å². The summed E-state index contributed by atoms with van der Waals surface area (Å²) in [6, 6.07) is 8.48. The van der Waals surface area contributed by atoms with Crippen molar-refractivity contribution >= 4 is 59.2 Å². The highest BCUT2D eigenvalue weighted by atomic mass is 16.4. The molecule has 0 unspecified atom stereocenters. The van der Waals surface area contributed by atoms with Crippen LogP contribution in [-0.2, 0) is 9.59 Å². The fourth-order valence-electron chi connectivity index (χ4n) is 2.52. The molecule has 15 heteroatoms. The monoisotopic (exact) mass is 546 g/mol. The number of anilines is 2. The van der Waals surface area contributed by atoms with Crippen molar-refractivity contribution in [3.8, 4) is 0 Å². The second-order valence-corrected chi connectivity index (χ2v) is 8.21. The van der Waals surface area contributed by atoms with Gasteiger partial charge in [-0.05, 0) is 36.4 Å². The second kappa shape index (κ2) is 16.8. The molecule has 0 bridgehead atoms. The van der Waals surface area contributed by atoms with Gasteiger partial charge in [-0.15, -0.1) is 0 Å². The van der Waals surface area contributed by atoms with Crippen molar-refractivity contribution in [2.75, 3.05) is 10.6 Å². The highest BCUT2D eigenvalue weighted by molar-refractivity contribution is 5.98. The second-order valence-electron chi connectivity index (χ2n) is 8.21. The number of carbonyl (C=O) groups excluding carboxylic acids is 2. The Balaban J connectivity index is 0.000000722. The molecule has 212 valence electrons. The number of benzene rings is 2. The minimum absolute atomic E-state index is 0. The minimum atomic E-state index is -1.07. The fourth-order valence-corrected chi connectivity index (χ4v) is 2.52. The lowest BCUT2D eigenvalue weighted by Gasteiger charge is -2.10. The van der Waals surface area contributed by atoms with Crippen LogP contribution in [0.25, 0.3) is 0 Å². The molecule has 0 aliphatic heterocycles. The van der Waals surface area contributed by atoms with E-state index in [4.69, 9.17) is 21.9 Å². The molecular weight excluding hydrogens is 512 g/mol. The topological polar surface area (TPSA) is 265 Å². The molecule has 2 aromatic rings. The normalized spacial score (nSPS) is 10.5. The van der Waals surface area contributed by atoms with Gasteiger partial charge in [0.1, 0.15) is 12.7 Å². The number of rotatable bonds is 10. The summed E-state index contributed by atoms with van der Waals surface area (Å²) in [6.07, 6.45) is 2.40. The Morgan fingerprint density at radius 2 is 1.05 bits per heavy atom. The van der Waals surface area contributed by atoms with Crippen LogP contribution in [-0.4, -0.2) is 52.1 Å². The van der Waals surface area contributed by atoms with Gasteiger partial charge in [0.15, 0.2) is 0 Å². The average molecular weight is 547 g/mol. The zero-order valence-electron chi connectivity index (χ0n) is 21.9. The summed E-state index contributed by atoms with van der Waals surface area (Å²) < 4.78 is 0. The predicted octanol–water partition coefficient (Wildman–Crippen LogP) is 1.38. The summed E-state index contributed by atoms with van der Waals surface area (Å²) in [5, 5.41) is 23.2. The van der Waals surface area contributed by atoms with Gasteiger partial charge in [0.2, 0.25) is 11.8 Å². The molecule has 39 heavy (non-hydrogen) atoms. The van der Waals surface area contributed by atoms with E-state index in [1.807, 2.05) is 0 Å². The van der Waals surface area contributed by atoms with Gasteiger partial charge in [0.05, 0.1) is 33.9 Å². The molecule has 0 aliphatic carbocycles. The largest absolute Gasteiger partial charge is 0.478 e. The van der Waals surface area contributed by atoms with Crippen molar-refractivity contribution < 1.29 is 34.9 Å². The van der Waals surface area contributed by atoms with Crippen LogP contribution in [0, 0.1) is 11.8 Å². The molecular formula is C24H34N8O7. The number of hydrogen-bond donors (Lipinski definition) is 8. The Morgan fingerprint density at radius 3 is 1.31 bits per heavy atom. The maximum Gasteiger partial charge on any atom is 0.335 e. The third-order valence-corrected chi connectivity index (χ3v) is 4.61. The number of carbonyl (C=O) groups is 4. The van der Waals surface area contributed by atoms with Gasteiger partial charge in [-0.2, -0.15) is 0 Å². The molecule has 0 atom stereocenters. The molecule has 0 heterocycles. The quantitative estimate of drug-likeness (QED) is 0.0917. The molecule has 0 aliphatic rings. The summed E-state index contributed by atoms with van der Waals surface area (Å²) in [4.78, 5) is 52.9. The number of amides is 2. The molecule has 0 spiro atoms. The molecule has 0 aromatic heterocycles. The lowest BCUT2D eigenvalue weighted by Crippen LogP contribution is -2.19. The van der Waals surface area contributed by atoms with Crippen LogP contribution in [0.2, 0.25) is 0 Å². The Labute approximate surface area is 224 Å². The van der Waals surface area contributed by atoms with Crippen molar-refractivity contribution in [2.45, 2.75) is 27.7 Å². The molecule has 0 saturated heterocycles. The van der Waals surface area contributed by atoms with Gasteiger partial charge >= 0.3 is 11.9 Å². The van der Waals surface area contributed by atoms with E-state index in [1.54, 1.807) is 27.7 Å². The summed E-state index contributed by atoms with van der Waals surface area (Å²) in [5.74, 6) is 7.26. The maximum atomic E-state index is 11.6. The third-order valence-electron chi connectivity index (χ3n) is 4.61. The van der Waals surface area contributed by atoms with Gasteiger partial charge < -0.3 is 37.2 Å². The van der Waals surface area contributed by atoms with Gasteiger partial charge in [-0.3, -0.25) is 9.59 Å². The number of carboxylic acids is 2. The first-order chi connectivity index (χ1) is 17.9. The lowest BCUT2D eigenvalue weighted by atomic mass is 10.1. The molecule has 0 saturated carbocycles. The van der Waals surface area contributed by atoms with Gasteiger partial charge in [-0.1, -0.05) is 27.7 Å². The van der Waals surface area contributed by atoms with E-state index >= 15 is 0 Å². The van der Waals surface area contributed by atoms with Crippen LogP contribution in [0.1, 0.15) is 48.4 Å². The number of aromatic carboxylic acids is 2. The van der Waals surface area contributed by atoms with Crippen molar-refractivity contribution in [3.05, 3.63) is 47.5 Å². The Morgan fingerprint density at radius 1 is 0.718 bits per heavy atom. The molecule has 2 amide bonds. The lowest BCUT2D eigenvalue weighted by molar-refractivity contribution is -0.119. The summed E-state index contributed by atoms with van der Waals surface area (Å²) in [6.45, 7) is 7.02. The van der Waals surface area contributed by atoms with Crippen molar-refractivity contribution in [1.29, 1.82) is 0 Å².